The van der Waals surface area contributed by atoms with Crippen molar-refractivity contribution in [3.05, 3.63) is 30.1 Å². The summed E-state index contributed by atoms with van der Waals surface area (Å²) >= 11 is 0. The van der Waals surface area contributed by atoms with Crippen LogP contribution in [0, 0.1) is 0 Å². The molecule has 0 amide bonds. The summed E-state index contributed by atoms with van der Waals surface area (Å²) in [4.78, 5) is 16.2. The van der Waals surface area contributed by atoms with Crippen LogP contribution >= 0.6 is 0 Å². The summed E-state index contributed by atoms with van der Waals surface area (Å²) in [5.74, 6) is 0.706. The van der Waals surface area contributed by atoms with Crippen LogP contribution < -0.4 is 5.32 Å². The number of carbonyl (C=O) groups excluding carboxylic acids is 1. The molecule has 2 rings (SSSR count). The molecule has 0 radical (unpaired) electrons. The number of anilines is 1. The minimum atomic E-state index is -0.221. The molecule has 0 aliphatic carbocycles. The Bertz CT molecular complexity index is 640. The number of aromatic nitrogens is 2. The molecule has 114 valence electrons. The molecule has 2 aromatic rings. The van der Waals surface area contributed by atoms with Gasteiger partial charge < -0.3 is 10.1 Å². The van der Waals surface area contributed by atoms with Crippen molar-refractivity contribution in [2.75, 3.05) is 12.4 Å². The first kappa shape index (κ1) is 15.4. The van der Waals surface area contributed by atoms with E-state index in [1.807, 2.05) is 35.7 Å². The van der Waals surface area contributed by atoms with E-state index in [4.69, 9.17) is 4.74 Å². The third-order valence-corrected chi connectivity index (χ3v) is 3.22. The average Bonchev–Trinajstić information content (AvgIpc) is 2.76. The summed E-state index contributed by atoms with van der Waals surface area (Å²) in [6, 6.07) is 5.89. The number of carbonyl (C=O) groups is 1. The van der Waals surface area contributed by atoms with Gasteiger partial charge in [-0.25, -0.2) is 4.98 Å². The Morgan fingerprint density at radius 3 is 2.76 bits per heavy atom. The van der Waals surface area contributed by atoms with E-state index in [-0.39, 0.29) is 17.4 Å². The van der Waals surface area contributed by atoms with E-state index in [2.05, 4.69) is 31.1 Å². The van der Waals surface area contributed by atoms with E-state index >= 15 is 0 Å². The van der Waals surface area contributed by atoms with Crippen LogP contribution in [-0.4, -0.2) is 28.0 Å². The molecule has 1 atom stereocenters. The van der Waals surface area contributed by atoms with Gasteiger partial charge in [0.1, 0.15) is 11.5 Å². The second-order valence-electron chi connectivity index (χ2n) is 6.33. The Balaban J connectivity index is 2.46. The van der Waals surface area contributed by atoms with Gasteiger partial charge in [-0.1, -0.05) is 13.0 Å². The summed E-state index contributed by atoms with van der Waals surface area (Å²) in [7, 11) is 1.41. The molecule has 5 heteroatoms. The summed E-state index contributed by atoms with van der Waals surface area (Å²) in [5.41, 5.74) is 1.67. The Kier molecular flexibility index (Phi) is 4.21. The number of hydrogen-bond acceptors (Lipinski definition) is 4. The molecule has 0 bridgehead atoms. The smallest absolute Gasteiger partial charge is 0.306 e. The van der Waals surface area contributed by atoms with Gasteiger partial charge in [0, 0.05) is 17.7 Å². The Hall–Kier alpha value is -2.04. The Morgan fingerprint density at radius 2 is 2.14 bits per heavy atom. The number of esters is 1. The van der Waals surface area contributed by atoms with Crippen molar-refractivity contribution in [1.29, 1.82) is 0 Å². The topological polar surface area (TPSA) is 55.6 Å². The number of methoxy groups -OCH3 is 1. The van der Waals surface area contributed by atoms with Crippen LogP contribution in [0.4, 0.5) is 5.82 Å². The first-order valence-corrected chi connectivity index (χ1v) is 7.14. The first-order valence-electron chi connectivity index (χ1n) is 7.14. The molecule has 1 unspecified atom stereocenters. The fraction of sp³-hybridized carbons (Fsp3) is 0.500. The lowest BCUT2D eigenvalue weighted by molar-refractivity contribution is -0.141. The molecule has 5 nitrogen and oxygen atoms in total. The third-order valence-electron chi connectivity index (χ3n) is 3.22. The van der Waals surface area contributed by atoms with Gasteiger partial charge in [-0.05, 0) is 32.9 Å². The summed E-state index contributed by atoms with van der Waals surface area (Å²) in [6.45, 7) is 8.30. The molecule has 0 fully saturated rings. The fourth-order valence-corrected chi connectivity index (χ4v) is 2.27. The zero-order chi connectivity index (χ0) is 15.6. The molecule has 2 heterocycles. The lowest BCUT2D eigenvalue weighted by atomic mass is 10.0. The van der Waals surface area contributed by atoms with Crippen LogP contribution in [0.15, 0.2) is 24.4 Å². The molecule has 0 aliphatic heterocycles. The maximum atomic E-state index is 11.5. The third kappa shape index (κ3) is 3.54. The van der Waals surface area contributed by atoms with Crippen LogP contribution in [0.3, 0.4) is 0 Å². The molecular weight excluding hydrogens is 266 g/mol. The van der Waals surface area contributed by atoms with E-state index in [0.29, 0.717) is 6.42 Å². The maximum absolute atomic E-state index is 11.5. The normalized spacial score (nSPS) is 13.2. The number of hydrogen-bond donors (Lipinski definition) is 1. The highest BCUT2D eigenvalue weighted by Gasteiger charge is 2.23. The molecule has 0 aromatic carbocycles. The lowest BCUT2D eigenvalue weighted by Crippen LogP contribution is -2.27. The minimum absolute atomic E-state index is 0.0119. The molecule has 0 aliphatic rings. The van der Waals surface area contributed by atoms with Gasteiger partial charge in [-0.2, -0.15) is 0 Å². The summed E-state index contributed by atoms with van der Waals surface area (Å²) in [6.07, 6.45) is 2.30. The van der Waals surface area contributed by atoms with Crippen molar-refractivity contribution < 1.29 is 9.53 Å². The summed E-state index contributed by atoms with van der Waals surface area (Å²) < 4.78 is 6.79. The van der Waals surface area contributed by atoms with Crippen LogP contribution in [0.5, 0.6) is 0 Å². The largest absolute Gasteiger partial charge is 0.469 e. The van der Waals surface area contributed by atoms with Crippen LogP contribution in [-0.2, 0) is 9.53 Å². The van der Waals surface area contributed by atoms with Crippen molar-refractivity contribution in [2.24, 2.45) is 0 Å². The average molecular weight is 289 g/mol. The highest BCUT2D eigenvalue weighted by molar-refractivity contribution is 5.71. The molecule has 0 spiro atoms. The van der Waals surface area contributed by atoms with Crippen molar-refractivity contribution in [2.45, 2.75) is 45.6 Å². The van der Waals surface area contributed by atoms with Gasteiger partial charge in [0.2, 0.25) is 0 Å². The fourth-order valence-electron chi connectivity index (χ4n) is 2.27. The number of imidazole rings is 1. The SMILES string of the molecule is COC(=O)CC(C)c1nc2ccccn2c1NC(C)(C)C. The molecular formula is C16H23N3O2. The van der Waals surface area contributed by atoms with Gasteiger partial charge in [0.05, 0.1) is 19.2 Å². The van der Waals surface area contributed by atoms with Gasteiger partial charge in [-0.15, -0.1) is 0 Å². The van der Waals surface area contributed by atoms with E-state index in [1.54, 1.807) is 0 Å². The number of nitrogens with zero attached hydrogens (tertiary/aromatic N) is 2. The zero-order valence-electron chi connectivity index (χ0n) is 13.3. The van der Waals surface area contributed by atoms with Crippen LogP contribution in [0.2, 0.25) is 0 Å². The quantitative estimate of drug-likeness (QED) is 0.878. The van der Waals surface area contributed by atoms with Gasteiger partial charge in [0.15, 0.2) is 0 Å². The van der Waals surface area contributed by atoms with Crippen molar-refractivity contribution in [3.8, 4) is 0 Å². The number of pyridine rings is 1. The van der Waals surface area contributed by atoms with Gasteiger partial charge in [-0.3, -0.25) is 9.20 Å². The molecule has 21 heavy (non-hydrogen) atoms. The van der Waals surface area contributed by atoms with Crippen molar-refractivity contribution in [1.82, 2.24) is 9.38 Å². The molecule has 1 N–H and O–H groups in total. The molecule has 2 aromatic heterocycles. The van der Waals surface area contributed by atoms with E-state index in [0.717, 1.165) is 17.2 Å². The highest BCUT2D eigenvalue weighted by Crippen LogP contribution is 2.29. The van der Waals surface area contributed by atoms with Gasteiger partial charge >= 0.3 is 5.97 Å². The Labute approximate surface area is 125 Å². The standard InChI is InChI=1S/C16H23N3O2/c1-11(10-13(20)21-5)14-15(18-16(2,3)4)19-9-7-6-8-12(19)17-14/h6-9,11,18H,10H2,1-5H3. The second kappa shape index (κ2) is 5.76. The zero-order valence-corrected chi connectivity index (χ0v) is 13.3. The first-order chi connectivity index (χ1) is 9.81. The lowest BCUT2D eigenvalue weighted by Gasteiger charge is -2.23. The second-order valence-corrected chi connectivity index (χ2v) is 6.33. The predicted octanol–water partition coefficient (Wildman–Crippen LogP) is 3.21. The van der Waals surface area contributed by atoms with E-state index in [1.165, 1.54) is 7.11 Å². The number of ether oxygens (including phenoxy) is 1. The van der Waals surface area contributed by atoms with Crippen molar-refractivity contribution in [3.63, 3.8) is 0 Å². The number of rotatable bonds is 4. The highest BCUT2D eigenvalue weighted by atomic mass is 16.5. The Morgan fingerprint density at radius 1 is 1.43 bits per heavy atom. The monoisotopic (exact) mass is 289 g/mol. The van der Waals surface area contributed by atoms with E-state index in [9.17, 15) is 4.79 Å². The number of fused-ring (bicyclic) bond motifs is 1. The van der Waals surface area contributed by atoms with E-state index < -0.39 is 0 Å². The molecule has 0 saturated heterocycles. The summed E-state index contributed by atoms with van der Waals surface area (Å²) in [5, 5.41) is 3.49. The van der Waals surface area contributed by atoms with Gasteiger partial charge in [0.25, 0.3) is 0 Å². The molecule has 0 saturated carbocycles. The minimum Gasteiger partial charge on any atom is -0.469 e. The maximum Gasteiger partial charge on any atom is 0.306 e. The van der Waals surface area contributed by atoms with Crippen molar-refractivity contribution >= 4 is 17.4 Å². The number of nitrogens with one attached hydrogen (secondary N) is 1. The predicted molar refractivity (Wildman–Crippen MR) is 83.6 cm³/mol. The van der Waals surface area contributed by atoms with Crippen LogP contribution in [0.25, 0.3) is 5.65 Å². The van der Waals surface area contributed by atoms with Crippen LogP contribution in [0.1, 0.15) is 45.7 Å².